The molecule has 0 amide bonds. The monoisotopic (exact) mass is 314 g/mol. The zero-order chi connectivity index (χ0) is 17.3. The molecule has 0 radical (unpaired) electrons. The summed E-state index contributed by atoms with van der Waals surface area (Å²) in [6.45, 7) is 5.18. The number of hydrogen-bond acceptors (Lipinski definition) is 2. The minimum absolute atomic E-state index is 0.0359. The summed E-state index contributed by atoms with van der Waals surface area (Å²) in [5.41, 5.74) is 0.442. The van der Waals surface area contributed by atoms with Crippen LogP contribution in [0.3, 0.4) is 0 Å². The van der Waals surface area contributed by atoms with Gasteiger partial charge in [-0.25, -0.2) is 4.79 Å². The van der Waals surface area contributed by atoms with Crippen LogP contribution < -0.4 is 0 Å². The summed E-state index contributed by atoms with van der Waals surface area (Å²) < 4.78 is 0. The molecule has 0 fully saturated rings. The van der Waals surface area contributed by atoms with Gasteiger partial charge in [0.25, 0.3) is 0 Å². The van der Waals surface area contributed by atoms with Crippen LogP contribution in [0.15, 0.2) is 66.8 Å². The fraction of sp³-hybridized carbons (Fsp3) is 0.263. The Kier molecular flexibility index (Phi) is 7.00. The summed E-state index contributed by atoms with van der Waals surface area (Å²) in [7, 11) is 0. The summed E-state index contributed by atoms with van der Waals surface area (Å²) in [5.74, 6) is -2.06. The highest BCUT2D eigenvalue weighted by Gasteiger charge is 2.34. The van der Waals surface area contributed by atoms with Gasteiger partial charge in [0.1, 0.15) is 0 Å². The smallest absolute Gasteiger partial charge is 0.331 e. The Balaban J connectivity index is 0.000000238. The number of rotatable bonds is 5. The second-order valence-corrected chi connectivity index (χ2v) is 5.57. The average Bonchev–Trinajstić information content (AvgIpc) is 2.54. The zero-order valence-electron chi connectivity index (χ0n) is 13.2. The van der Waals surface area contributed by atoms with Gasteiger partial charge in [-0.2, -0.15) is 0 Å². The highest BCUT2D eigenvalue weighted by molar-refractivity contribution is 5.90. The number of carboxylic acids is 2. The third kappa shape index (κ3) is 5.94. The second-order valence-electron chi connectivity index (χ2n) is 5.57. The number of carbonyl (C=O) groups is 2. The summed E-state index contributed by atoms with van der Waals surface area (Å²) in [6.07, 6.45) is 8.57. The first-order valence-corrected chi connectivity index (χ1v) is 7.39. The van der Waals surface area contributed by atoms with Crippen LogP contribution in [-0.2, 0) is 16.0 Å². The molecule has 0 aromatic heterocycles. The van der Waals surface area contributed by atoms with Crippen molar-refractivity contribution in [3.63, 3.8) is 0 Å². The van der Waals surface area contributed by atoms with Gasteiger partial charge in [-0.05, 0) is 31.7 Å². The molecule has 1 aromatic rings. The lowest BCUT2D eigenvalue weighted by Crippen LogP contribution is -2.28. The van der Waals surface area contributed by atoms with E-state index >= 15 is 0 Å². The Morgan fingerprint density at radius 3 is 2.43 bits per heavy atom. The molecule has 23 heavy (non-hydrogen) atoms. The normalized spacial score (nSPS) is 19.1. The lowest BCUT2D eigenvalue weighted by atomic mass is 9.80. The van der Waals surface area contributed by atoms with Crippen molar-refractivity contribution in [3.8, 4) is 0 Å². The fourth-order valence-corrected chi connectivity index (χ4v) is 2.10. The molecule has 122 valence electrons. The molecule has 1 atom stereocenters. The molecule has 1 unspecified atom stereocenters. The van der Waals surface area contributed by atoms with Crippen LogP contribution in [0.5, 0.6) is 0 Å². The second kappa shape index (κ2) is 8.73. The average molecular weight is 314 g/mol. The maximum atomic E-state index is 10.8. The van der Waals surface area contributed by atoms with Gasteiger partial charge in [0.15, 0.2) is 0 Å². The van der Waals surface area contributed by atoms with Crippen molar-refractivity contribution >= 4 is 11.9 Å². The number of carboxylic acid groups (broad SMARTS) is 2. The molecule has 0 spiro atoms. The minimum atomic E-state index is -1.08. The van der Waals surface area contributed by atoms with Gasteiger partial charge in [-0.3, -0.25) is 4.79 Å². The summed E-state index contributed by atoms with van der Waals surface area (Å²) in [6, 6.07) is 10.5. The Hall–Kier alpha value is -2.62. The van der Waals surface area contributed by atoms with Crippen LogP contribution in [0.25, 0.3) is 0 Å². The molecule has 0 saturated carbocycles. The van der Waals surface area contributed by atoms with Crippen LogP contribution in [0.2, 0.25) is 0 Å². The van der Waals surface area contributed by atoms with Gasteiger partial charge in [0, 0.05) is 5.57 Å². The van der Waals surface area contributed by atoms with Gasteiger partial charge in [0.2, 0.25) is 0 Å². The van der Waals surface area contributed by atoms with Crippen molar-refractivity contribution in [2.24, 2.45) is 5.41 Å². The van der Waals surface area contributed by atoms with E-state index < -0.39 is 17.4 Å². The van der Waals surface area contributed by atoms with Gasteiger partial charge in [0.05, 0.1) is 5.41 Å². The van der Waals surface area contributed by atoms with Crippen LogP contribution >= 0.6 is 0 Å². The van der Waals surface area contributed by atoms with E-state index in [1.54, 1.807) is 0 Å². The standard InChI is InChI=1S/C10H12.C9H10O4/c1-2-3-7-10-8-5-4-6-9-10;1-9(8(12)13)4-2-3-6(5-9)7(10)11/h2,4-6,8-9H,1,3,7H2;2-4H,5H2,1H3,(H,10,11)(H,12,13). The van der Waals surface area contributed by atoms with Gasteiger partial charge in [-0.15, -0.1) is 6.58 Å². The zero-order valence-corrected chi connectivity index (χ0v) is 13.2. The molecule has 0 aliphatic heterocycles. The van der Waals surface area contributed by atoms with Crippen molar-refractivity contribution in [3.05, 3.63) is 72.4 Å². The van der Waals surface area contributed by atoms with Crippen LogP contribution in [0.4, 0.5) is 0 Å². The maximum Gasteiger partial charge on any atom is 0.331 e. The Morgan fingerprint density at radius 2 is 1.91 bits per heavy atom. The molecule has 1 aliphatic rings. The van der Waals surface area contributed by atoms with Crippen LogP contribution in [0.1, 0.15) is 25.3 Å². The quantitative estimate of drug-likeness (QED) is 0.809. The molecule has 0 saturated heterocycles. The van der Waals surface area contributed by atoms with E-state index in [0.29, 0.717) is 0 Å². The number of benzene rings is 1. The van der Waals surface area contributed by atoms with Gasteiger partial charge < -0.3 is 10.2 Å². The first kappa shape index (κ1) is 18.4. The molecular formula is C19H22O4. The number of aliphatic carboxylic acids is 2. The summed E-state index contributed by atoms with van der Waals surface area (Å²) >= 11 is 0. The Morgan fingerprint density at radius 1 is 1.26 bits per heavy atom. The molecule has 2 rings (SSSR count). The molecule has 0 bridgehead atoms. The third-order valence-corrected chi connectivity index (χ3v) is 3.56. The van der Waals surface area contributed by atoms with E-state index in [1.807, 2.05) is 12.1 Å². The molecule has 1 aromatic carbocycles. The fourth-order valence-electron chi connectivity index (χ4n) is 2.10. The number of hydrogen-bond donors (Lipinski definition) is 2. The summed E-state index contributed by atoms with van der Waals surface area (Å²) in [4.78, 5) is 21.3. The van der Waals surface area contributed by atoms with E-state index in [0.717, 1.165) is 12.8 Å². The predicted molar refractivity (Wildman–Crippen MR) is 90.2 cm³/mol. The van der Waals surface area contributed by atoms with Crippen molar-refractivity contribution in [1.29, 1.82) is 0 Å². The van der Waals surface area contributed by atoms with Crippen molar-refractivity contribution in [2.75, 3.05) is 0 Å². The lowest BCUT2D eigenvalue weighted by Gasteiger charge is -2.23. The third-order valence-electron chi connectivity index (χ3n) is 3.56. The van der Waals surface area contributed by atoms with Crippen LogP contribution in [-0.4, -0.2) is 22.2 Å². The van der Waals surface area contributed by atoms with E-state index in [9.17, 15) is 9.59 Å². The molecule has 4 nitrogen and oxygen atoms in total. The van der Waals surface area contributed by atoms with Crippen molar-refractivity contribution in [1.82, 2.24) is 0 Å². The topological polar surface area (TPSA) is 74.6 Å². The van der Waals surface area contributed by atoms with E-state index in [-0.39, 0.29) is 12.0 Å². The largest absolute Gasteiger partial charge is 0.481 e. The lowest BCUT2D eigenvalue weighted by molar-refractivity contribution is -0.145. The van der Waals surface area contributed by atoms with Gasteiger partial charge in [-0.1, -0.05) is 54.6 Å². The number of allylic oxidation sites excluding steroid dienone is 3. The highest BCUT2D eigenvalue weighted by Crippen LogP contribution is 2.31. The molecule has 4 heteroatoms. The van der Waals surface area contributed by atoms with Crippen LogP contribution in [0, 0.1) is 5.41 Å². The summed E-state index contributed by atoms with van der Waals surface area (Å²) in [5, 5.41) is 17.5. The Labute approximate surface area is 136 Å². The maximum absolute atomic E-state index is 10.8. The van der Waals surface area contributed by atoms with Gasteiger partial charge >= 0.3 is 11.9 Å². The molecule has 1 aliphatic carbocycles. The molecule has 0 heterocycles. The SMILES string of the molecule is C=CCCc1ccccc1.CC1(C(=O)O)C=CC=C(C(=O)O)C1. The number of aryl methyl sites for hydroxylation is 1. The van der Waals surface area contributed by atoms with E-state index in [1.165, 1.54) is 30.7 Å². The van der Waals surface area contributed by atoms with Crippen molar-refractivity contribution < 1.29 is 19.8 Å². The first-order valence-electron chi connectivity index (χ1n) is 7.39. The Bertz CT molecular complexity index is 614. The van der Waals surface area contributed by atoms with Crippen molar-refractivity contribution in [2.45, 2.75) is 26.2 Å². The molecule has 2 N–H and O–H groups in total. The predicted octanol–water partition coefficient (Wildman–Crippen LogP) is 3.85. The van der Waals surface area contributed by atoms with E-state index in [2.05, 4.69) is 30.8 Å². The highest BCUT2D eigenvalue weighted by atomic mass is 16.4. The molecular weight excluding hydrogens is 292 g/mol. The first-order chi connectivity index (χ1) is 10.9. The van der Waals surface area contributed by atoms with E-state index in [4.69, 9.17) is 10.2 Å². The minimum Gasteiger partial charge on any atom is -0.481 e.